The number of carbonyl (C=O) groups is 1. The number of aliphatic hydroxyl groups excluding tert-OH is 1. The minimum atomic E-state index is -0.687. The SMILES string of the molecule is CC#CC(=O)Nc1ccc2ncnc(Nc3ccc(C(O)c4ccccc4)cc3)c2c1. The van der Waals surface area contributed by atoms with Crippen LogP contribution in [-0.2, 0) is 4.79 Å². The first kappa shape index (κ1) is 20.1. The van der Waals surface area contributed by atoms with Crippen LogP contribution in [-0.4, -0.2) is 21.0 Å². The van der Waals surface area contributed by atoms with Crippen LogP contribution in [0.1, 0.15) is 24.2 Å². The van der Waals surface area contributed by atoms with E-state index in [0.29, 0.717) is 11.5 Å². The zero-order valence-corrected chi connectivity index (χ0v) is 16.8. The molecule has 6 heteroatoms. The van der Waals surface area contributed by atoms with Crippen molar-refractivity contribution in [1.82, 2.24) is 9.97 Å². The number of aromatic nitrogens is 2. The van der Waals surface area contributed by atoms with E-state index >= 15 is 0 Å². The number of nitrogens with zero attached hydrogens (tertiary/aromatic N) is 2. The lowest BCUT2D eigenvalue weighted by molar-refractivity contribution is -0.111. The molecule has 1 heterocycles. The van der Waals surface area contributed by atoms with Crippen molar-refractivity contribution in [3.8, 4) is 11.8 Å². The van der Waals surface area contributed by atoms with Crippen molar-refractivity contribution in [3.63, 3.8) is 0 Å². The zero-order valence-electron chi connectivity index (χ0n) is 16.8. The Morgan fingerprint density at radius 3 is 2.39 bits per heavy atom. The summed E-state index contributed by atoms with van der Waals surface area (Å²) in [6.07, 6.45) is 0.798. The molecule has 1 atom stereocenters. The molecule has 3 N–H and O–H groups in total. The van der Waals surface area contributed by atoms with E-state index in [-0.39, 0.29) is 5.91 Å². The van der Waals surface area contributed by atoms with E-state index in [9.17, 15) is 9.90 Å². The lowest BCUT2D eigenvalue weighted by atomic mass is 10.0. The van der Waals surface area contributed by atoms with Gasteiger partial charge in [-0.15, -0.1) is 0 Å². The molecule has 1 unspecified atom stereocenters. The number of nitrogens with one attached hydrogen (secondary N) is 2. The molecule has 0 spiro atoms. The first-order valence-corrected chi connectivity index (χ1v) is 9.72. The number of hydrogen-bond donors (Lipinski definition) is 3. The molecule has 0 aliphatic rings. The standard InChI is InChI=1S/C25H20N4O2/c1-2-6-23(30)28-20-13-14-22-21(15-20)25(27-16-26-22)29-19-11-9-18(10-12-19)24(31)17-7-4-3-5-8-17/h3-5,7-16,24,31H,1H3,(H,28,30)(H,26,27,29). The molecular weight excluding hydrogens is 388 g/mol. The number of benzene rings is 3. The summed E-state index contributed by atoms with van der Waals surface area (Å²) in [6.45, 7) is 1.61. The van der Waals surface area contributed by atoms with Gasteiger partial charge in [-0.05, 0) is 54.3 Å². The highest BCUT2D eigenvalue weighted by Gasteiger charge is 2.11. The molecule has 0 fully saturated rings. The maximum absolute atomic E-state index is 11.8. The van der Waals surface area contributed by atoms with Crippen molar-refractivity contribution in [3.05, 3.63) is 90.3 Å². The number of anilines is 3. The second kappa shape index (κ2) is 9.08. The van der Waals surface area contributed by atoms with Gasteiger partial charge in [-0.25, -0.2) is 9.97 Å². The lowest BCUT2D eigenvalue weighted by Gasteiger charge is -2.13. The fourth-order valence-corrected chi connectivity index (χ4v) is 3.22. The number of aliphatic hydroxyl groups is 1. The Bertz CT molecular complexity index is 1280. The van der Waals surface area contributed by atoms with Crippen molar-refractivity contribution in [2.24, 2.45) is 0 Å². The van der Waals surface area contributed by atoms with Gasteiger partial charge in [0.05, 0.1) is 5.52 Å². The molecule has 31 heavy (non-hydrogen) atoms. The van der Waals surface area contributed by atoms with Gasteiger partial charge in [-0.3, -0.25) is 4.79 Å². The van der Waals surface area contributed by atoms with Crippen molar-refractivity contribution in [2.45, 2.75) is 13.0 Å². The lowest BCUT2D eigenvalue weighted by Crippen LogP contribution is -2.08. The summed E-state index contributed by atoms with van der Waals surface area (Å²) in [6, 6.07) is 22.4. The maximum atomic E-state index is 11.8. The average molecular weight is 408 g/mol. The molecule has 0 radical (unpaired) electrons. The van der Waals surface area contributed by atoms with E-state index in [1.165, 1.54) is 6.33 Å². The zero-order chi connectivity index (χ0) is 21.6. The van der Waals surface area contributed by atoms with E-state index in [0.717, 1.165) is 27.7 Å². The summed E-state index contributed by atoms with van der Waals surface area (Å²) >= 11 is 0. The van der Waals surface area contributed by atoms with Gasteiger partial charge in [0.1, 0.15) is 18.2 Å². The Kier molecular flexibility index (Phi) is 5.88. The van der Waals surface area contributed by atoms with Crippen LogP contribution in [0, 0.1) is 11.8 Å². The summed E-state index contributed by atoms with van der Waals surface area (Å²) in [5.41, 5.74) is 3.81. The third-order valence-electron chi connectivity index (χ3n) is 4.74. The van der Waals surface area contributed by atoms with E-state index in [4.69, 9.17) is 0 Å². The number of amides is 1. The smallest absolute Gasteiger partial charge is 0.300 e. The molecule has 0 saturated carbocycles. The molecular formula is C25H20N4O2. The van der Waals surface area contributed by atoms with Gasteiger partial charge >= 0.3 is 0 Å². The van der Waals surface area contributed by atoms with Gasteiger partial charge in [0.25, 0.3) is 5.91 Å². The minimum absolute atomic E-state index is 0.374. The first-order chi connectivity index (χ1) is 15.1. The monoisotopic (exact) mass is 408 g/mol. The van der Waals surface area contributed by atoms with Gasteiger partial charge in [-0.2, -0.15) is 0 Å². The molecule has 6 nitrogen and oxygen atoms in total. The Morgan fingerprint density at radius 2 is 1.65 bits per heavy atom. The normalized spacial score (nSPS) is 11.3. The van der Waals surface area contributed by atoms with Crippen LogP contribution in [0.5, 0.6) is 0 Å². The highest BCUT2D eigenvalue weighted by Crippen LogP contribution is 2.27. The molecule has 4 rings (SSSR count). The van der Waals surface area contributed by atoms with Crippen LogP contribution in [0.3, 0.4) is 0 Å². The Morgan fingerprint density at radius 1 is 0.935 bits per heavy atom. The Labute approximate surface area is 180 Å². The van der Waals surface area contributed by atoms with Crippen LogP contribution in [0.15, 0.2) is 79.1 Å². The third kappa shape index (κ3) is 4.69. The summed E-state index contributed by atoms with van der Waals surface area (Å²) < 4.78 is 0. The van der Waals surface area contributed by atoms with Crippen LogP contribution < -0.4 is 10.6 Å². The first-order valence-electron chi connectivity index (χ1n) is 9.72. The maximum Gasteiger partial charge on any atom is 0.300 e. The molecule has 4 aromatic rings. The summed E-state index contributed by atoms with van der Waals surface area (Å²) in [7, 11) is 0. The predicted molar refractivity (Wildman–Crippen MR) is 122 cm³/mol. The predicted octanol–water partition coefficient (Wildman–Crippen LogP) is 4.42. The van der Waals surface area contributed by atoms with Gasteiger partial charge in [0.15, 0.2) is 0 Å². The minimum Gasteiger partial charge on any atom is -0.384 e. The molecule has 0 aliphatic carbocycles. The van der Waals surface area contributed by atoms with Crippen molar-refractivity contribution < 1.29 is 9.90 Å². The molecule has 0 saturated heterocycles. The van der Waals surface area contributed by atoms with Crippen LogP contribution >= 0.6 is 0 Å². The van der Waals surface area contributed by atoms with Crippen LogP contribution in [0.4, 0.5) is 17.2 Å². The molecule has 0 bridgehead atoms. The molecule has 3 aromatic carbocycles. The summed E-state index contributed by atoms with van der Waals surface area (Å²) in [4.78, 5) is 20.4. The fourth-order valence-electron chi connectivity index (χ4n) is 3.22. The molecule has 0 aliphatic heterocycles. The van der Waals surface area contributed by atoms with E-state index in [1.54, 1.807) is 19.1 Å². The van der Waals surface area contributed by atoms with Crippen molar-refractivity contribution in [2.75, 3.05) is 10.6 Å². The second-order valence-electron chi connectivity index (χ2n) is 6.84. The van der Waals surface area contributed by atoms with Crippen molar-refractivity contribution >= 4 is 34.0 Å². The molecule has 1 aromatic heterocycles. The Balaban J connectivity index is 1.57. The number of hydrogen-bond acceptors (Lipinski definition) is 5. The largest absolute Gasteiger partial charge is 0.384 e. The molecule has 1 amide bonds. The number of rotatable bonds is 5. The number of carbonyl (C=O) groups excluding carboxylic acids is 1. The highest BCUT2D eigenvalue weighted by atomic mass is 16.3. The Hall–Kier alpha value is -4.21. The van der Waals surface area contributed by atoms with Gasteiger partial charge in [0.2, 0.25) is 0 Å². The van der Waals surface area contributed by atoms with E-state index in [2.05, 4.69) is 32.4 Å². The summed E-state index contributed by atoms with van der Waals surface area (Å²) in [5.74, 6) is 5.27. The quantitative estimate of drug-likeness (QED) is 0.426. The highest BCUT2D eigenvalue weighted by molar-refractivity contribution is 6.05. The number of fused-ring (bicyclic) bond motifs is 1. The van der Waals surface area contributed by atoms with Crippen molar-refractivity contribution in [1.29, 1.82) is 0 Å². The van der Waals surface area contributed by atoms with Gasteiger partial charge in [-0.1, -0.05) is 48.4 Å². The van der Waals surface area contributed by atoms with E-state index in [1.807, 2.05) is 60.7 Å². The van der Waals surface area contributed by atoms with Gasteiger partial charge < -0.3 is 15.7 Å². The third-order valence-corrected chi connectivity index (χ3v) is 4.74. The summed E-state index contributed by atoms with van der Waals surface area (Å²) in [5, 5.41) is 17.4. The second-order valence-corrected chi connectivity index (χ2v) is 6.84. The fraction of sp³-hybridized carbons (Fsp3) is 0.0800. The average Bonchev–Trinajstić information content (AvgIpc) is 2.80. The van der Waals surface area contributed by atoms with E-state index < -0.39 is 6.10 Å². The van der Waals surface area contributed by atoms with Gasteiger partial charge in [0, 0.05) is 16.8 Å². The van der Waals surface area contributed by atoms with Crippen LogP contribution in [0.2, 0.25) is 0 Å². The van der Waals surface area contributed by atoms with Crippen LogP contribution in [0.25, 0.3) is 10.9 Å². The topological polar surface area (TPSA) is 87.1 Å². The molecule has 152 valence electrons.